The van der Waals surface area contributed by atoms with Crippen LogP contribution in [0.1, 0.15) is 51.9 Å². The van der Waals surface area contributed by atoms with Gasteiger partial charge in [0.1, 0.15) is 0 Å². The summed E-state index contributed by atoms with van der Waals surface area (Å²) < 4.78 is 0. The van der Waals surface area contributed by atoms with Crippen LogP contribution in [-0.4, -0.2) is 6.54 Å². The highest BCUT2D eigenvalue weighted by atomic mass is 31.0. The molecule has 0 heterocycles. The van der Waals surface area contributed by atoms with Gasteiger partial charge in [0.05, 0.1) is 0 Å². The average molecular weight is 317 g/mol. The zero-order valence-electron chi connectivity index (χ0n) is 14.5. The second-order valence-electron chi connectivity index (χ2n) is 6.38. The molecule has 22 heavy (non-hydrogen) atoms. The Balaban J connectivity index is 0.000000422. The quantitative estimate of drug-likeness (QED) is 0.684. The van der Waals surface area contributed by atoms with Gasteiger partial charge >= 0.3 is 0 Å². The molecular weight excluding hydrogens is 285 g/mol. The minimum Gasteiger partial charge on any atom is -0.303 e. The van der Waals surface area contributed by atoms with Gasteiger partial charge in [-0.15, -0.1) is 9.24 Å². The maximum Gasteiger partial charge on any atom is 0.0466 e. The molecule has 1 aliphatic carbocycles. The van der Waals surface area contributed by atoms with Crippen LogP contribution in [0.4, 0.5) is 0 Å². The molecule has 3 unspecified atom stereocenters. The molecule has 1 N–H and O–H groups in total. The lowest BCUT2D eigenvalue weighted by atomic mass is 9.93. The summed E-state index contributed by atoms with van der Waals surface area (Å²) >= 11 is 0. The first-order valence-electron chi connectivity index (χ1n) is 8.44. The van der Waals surface area contributed by atoms with Gasteiger partial charge in [0, 0.05) is 12.3 Å². The van der Waals surface area contributed by atoms with Gasteiger partial charge in [-0.05, 0) is 23.8 Å². The van der Waals surface area contributed by atoms with Crippen LogP contribution in [0.15, 0.2) is 54.1 Å². The molecule has 0 saturated carbocycles. The summed E-state index contributed by atoms with van der Waals surface area (Å²) in [5.74, 6) is 1.88. The van der Waals surface area contributed by atoms with E-state index in [0.717, 1.165) is 12.5 Å². The molecule has 0 saturated heterocycles. The Morgan fingerprint density at radius 3 is 2.41 bits per heavy atom. The summed E-state index contributed by atoms with van der Waals surface area (Å²) in [6.07, 6.45) is 9.12. The Hall–Kier alpha value is -0.910. The molecule has 2 heteroatoms. The lowest BCUT2D eigenvalue weighted by molar-refractivity contribution is 0.616. The molecule has 1 nitrogen and oxygen atoms in total. The highest BCUT2D eigenvalue weighted by Crippen LogP contribution is 2.23. The first-order valence-corrected chi connectivity index (χ1v) is 9.10. The largest absolute Gasteiger partial charge is 0.303 e. The molecule has 1 aliphatic rings. The van der Waals surface area contributed by atoms with Crippen molar-refractivity contribution >= 4 is 9.24 Å². The van der Waals surface area contributed by atoms with Gasteiger partial charge in [0.25, 0.3) is 0 Å². The fourth-order valence-corrected chi connectivity index (χ4v) is 2.37. The second-order valence-corrected chi connectivity index (χ2v) is 7.04. The third kappa shape index (κ3) is 7.38. The number of nitrogens with one attached hydrogen (secondary N) is 1. The van der Waals surface area contributed by atoms with E-state index in [0.29, 0.717) is 11.7 Å². The van der Waals surface area contributed by atoms with Gasteiger partial charge in [-0.25, -0.2) is 0 Å². The predicted octanol–water partition coefficient (Wildman–Crippen LogP) is 5.72. The van der Waals surface area contributed by atoms with E-state index >= 15 is 0 Å². The van der Waals surface area contributed by atoms with Crippen LogP contribution in [-0.2, 0) is 0 Å². The smallest absolute Gasteiger partial charge is 0.0466 e. The topological polar surface area (TPSA) is 12.0 Å². The van der Waals surface area contributed by atoms with Gasteiger partial charge < -0.3 is 5.32 Å². The Labute approximate surface area is 139 Å². The molecule has 0 fully saturated rings. The van der Waals surface area contributed by atoms with E-state index in [9.17, 15) is 0 Å². The van der Waals surface area contributed by atoms with Gasteiger partial charge in [-0.2, -0.15) is 0 Å². The number of allylic oxidation sites excluding steroid dienone is 3. The van der Waals surface area contributed by atoms with Crippen molar-refractivity contribution in [2.45, 2.75) is 46.3 Å². The second kappa shape index (κ2) is 10.8. The molecule has 3 atom stereocenters. The molecule has 122 valence electrons. The fraction of sp³-hybridized carbons (Fsp3) is 0.500. The summed E-state index contributed by atoms with van der Waals surface area (Å²) in [4.78, 5) is 0. The van der Waals surface area contributed by atoms with Crippen LogP contribution < -0.4 is 5.32 Å². The standard InChI is InChI=1S/C15H20NP.C5H12/c1-12-7-5-6-10-14(12)11-16-15(17)13-8-3-2-4-9-13;1-4-5(2)3/h2-6,8-10,12,15-16H,7,11,17H2,1H3;5H,4H2,1-3H3. The number of hydrogen-bond acceptors (Lipinski definition) is 1. The summed E-state index contributed by atoms with van der Waals surface area (Å²) in [6, 6.07) is 10.5. The van der Waals surface area contributed by atoms with Crippen LogP contribution in [0, 0.1) is 11.8 Å². The average Bonchev–Trinajstić information content (AvgIpc) is 2.55. The van der Waals surface area contributed by atoms with Crippen LogP contribution in [0.5, 0.6) is 0 Å². The van der Waals surface area contributed by atoms with Crippen LogP contribution >= 0.6 is 9.24 Å². The van der Waals surface area contributed by atoms with Crippen molar-refractivity contribution in [3.05, 3.63) is 59.7 Å². The van der Waals surface area contributed by atoms with Crippen molar-refractivity contribution in [3.63, 3.8) is 0 Å². The molecule has 2 rings (SSSR count). The Bertz CT molecular complexity index is 462. The van der Waals surface area contributed by atoms with E-state index in [-0.39, 0.29) is 0 Å². The van der Waals surface area contributed by atoms with E-state index in [4.69, 9.17) is 0 Å². The molecule has 1 aromatic carbocycles. The first kappa shape index (κ1) is 19.1. The maximum absolute atomic E-state index is 3.56. The summed E-state index contributed by atoms with van der Waals surface area (Å²) in [7, 11) is 2.87. The number of hydrogen-bond donors (Lipinski definition) is 1. The van der Waals surface area contributed by atoms with Crippen molar-refractivity contribution in [2.24, 2.45) is 11.8 Å². The van der Waals surface area contributed by atoms with E-state index < -0.39 is 0 Å². The van der Waals surface area contributed by atoms with Crippen LogP contribution in [0.3, 0.4) is 0 Å². The summed E-state index contributed by atoms with van der Waals surface area (Å²) in [5.41, 5.74) is 2.81. The van der Waals surface area contributed by atoms with Gasteiger partial charge in [0.2, 0.25) is 0 Å². The van der Waals surface area contributed by atoms with Gasteiger partial charge in [-0.1, -0.05) is 88.2 Å². The molecular formula is C20H32NP. The Morgan fingerprint density at radius 1 is 1.23 bits per heavy atom. The van der Waals surface area contributed by atoms with E-state index in [1.165, 1.54) is 24.0 Å². The van der Waals surface area contributed by atoms with Crippen molar-refractivity contribution in [3.8, 4) is 0 Å². The monoisotopic (exact) mass is 317 g/mol. The van der Waals surface area contributed by atoms with E-state index in [2.05, 4.69) is 90.8 Å². The van der Waals surface area contributed by atoms with Crippen molar-refractivity contribution in [1.82, 2.24) is 5.32 Å². The predicted molar refractivity (Wildman–Crippen MR) is 103 cm³/mol. The van der Waals surface area contributed by atoms with Crippen molar-refractivity contribution in [1.29, 1.82) is 0 Å². The molecule has 0 aromatic heterocycles. The zero-order valence-corrected chi connectivity index (χ0v) is 15.7. The molecule has 0 amide bonds. The number of benzene rings is 1. The van der Waals surface area contributed by atoms with Gasteiger partial charge in [0.15, 0.2) is 0 Å². The fourth-order valence-electron chi connectivity index (χ4n) is 2.03. The van der Waals surface area contributed by atoms with Crippen LogP contribution in [0.25, 0.3) is 0 Å². The third-order valence-corrected chi connectivity index (χ3v) is 4.69. The highest BCUT2D eigenvalue weighted by molar-refractivity contribution is 7.17. The lowest BCUT2D eigenvalue weighted by Crippen LogP contribution is -2.22. The van der Waals surface area contributed by atoms with Crippen LogP contribution in [0.2, 0.25) is 0 Å². The third-order valence-electron chi connectivity index (χ3n) is 4.07. The molecule has 0 radical (unpaired) electrons. The minimum absolute atomic E-state index is 0.329. The first-order chi connectivity index (χ1) is 10.5. The van der Waals surface area contributed by atoms with Crippen molar-refractivity contribution < 1.29 is 0 Å². The molecule has 0 aliphatic heterocycles. The SMILES string of the molecule is CC1CC=CC=C1CNC(P)c1ccccc1.CCC(C)C. The highest BCUT2D eigenvalue weighted by Gasteiger charge is 2.11. The van der Waals surface area contributed by atoms with E-state index in [1.807, 2.05) is 0 Å². The van der Waals surface area contributed by atoms with Crippen molar-refractivity contribution in [2.75, 3.05) is 6.54 Å². The lowest BCUT2D eigenvalue weighted by Gasteiger charge is -2.20. The normalized spacial score (nSPS) is 18.5. The van der Waals surface area contributed by atoms with Gasteiger partial charge in [-0.3, -0.25) is 0 Å². The molecule has 0 spiro atoms. The zero-order chi connectivity index (χ0) is 16.4. The maximum atomic E-state index is 3.56. The molecule has 0 bridgehead atoms. The van der Waals surface area contributed by atoms with E-state index in [1.54, 1.807) is 0 Å². The Kier molecular flexibility index (Phi) is 9.36. The number of rotatable bonds is 5. The summed E-state index contributed by atoms with van der Waals surface area (Å²) in [6.45, 7) is 9.90. The Morgan fingerprint density at radius 2 is 1.86 bits per heavy atom. The minimum atomic E-state index is 0.329. The summed E-state index contributed by atoms with van der Waals surface area (Å²) in [5, 5.41) is 3.56. The molecule has 1 aromatic rings.